The molecule has 162 valence electrons. The van der Waals surface area contributed by atoms with Gasteiger partial charge in [0.15, 0.2) is 0 Å². The molecule has 1 aliphatic carbocycles. The van der Waals surface area contributed by atoms with Crippen LogP contribution in [-0.4, -0.2) is 50.3 Å². The van der Waals surface area contributed by atoms with Crippen molar-refractivity contribution in [3.05, 3.63) is 65.7 Å². The average Bonchev–Trinajstić information content (AvgIpc) is 3.63. The minimum absolute atomic E-state index is 0.230. The summed E-state index contributed by atoms with van der Waals surface area (Å²) in [5.74, 6) is 1.51. The maximum absolute atomic E-state index is 11.2. The summed E-state index contributed by atoms with van der Waals surface area (Å²) in [7, 11) is 1.40. The Morgan fingerprint density at radius 2 is 1.67 bits per heavy atom. The summed E-state index contributed by atoms with van der Waals surface area (Å²) in [5, 5.41) is 0. The van der Waals surface area contributed by atoms with Crippen molar-refractivity contribution in [3.63, 3.8) is 0 Å². The molecule has 1 saturated heterocycles. The van der Waals surface area contributed by atoms with Gasteiger partial charge in [-0.15, -0.1) is 0 Å². The third-order valence-corrected chi connectivity index (χ3v) is 5.66. The van der Waals surface area contributed by atoms with Gasteiger partial charge in [-0.1, -0.05) is 42.5 Å². The first kappa shape index (κ1) is 22.3. The third kappa shape index (κ3) is 7.81. The minimum Gasteiger partial charge on any atom is -0.492 e. The van der Waals surface area contributed by atoms with Crippen LogP contribution in [0.1, 0.15) is 42.7 Å². The van der Waals surface area contributed by atoms with E-state index < -0.39 is 0 Å². The molecule has 0 unspecified atom stereocenters. The smallest absolute Gasteiger partial charge is 0.309 e. The van der Waals surface area contributed by atoms with E-state index in [1.807, 2.05) is 24.3 Å². The van der Waals surface area contributed by atoms with Crippen molar-refractivity contribution in [2.24, 2.45) is 5.73 Å². The maximum Gasteiger partial charge on any atom is 0.309 e. The molecule has 0 atom stereocenters. The maximum atomic E-state index is 11.2. The second-order valence-corrected chi connectivity index (χ2v) is 8.11. The Morgan fingerprint density at radius 3 is 2.27 bits per heavy atom. The average molecular weight is 411 g/mol. The monoisotopic (exact) mass is 410 g/mol. The highest BCUT2D eigenvalue weighted by atomic mass is 16.5. The molecule has 2 aromatic carbocycles. The van der Waals surface area contributed by atoms with E-state index in [-0.39, 0.29) is 5.97 Å². The van der Waals surface area contributed by atoms with Crippen LogP contribution in [0.25, 0.3) is 0 Å². The second kappa shape index (κ2) is 11.7. The number of nitrogens with two attached hydrogens (primary N) is 1. The molecule has 0 bridgehead atoms. The molecule has 30 heavy (non-hydrogen) atoms. The highest BCUT2D eigenvalue weighted by molar-refractivity contribution is 5.72. The molecule has 4 rings (SSSR count). The van der Waals surface area contributed by atoms with E-state index in [1.165, 1.54) is 25.5 Å². The third-order valence-electron chi connectivity index (χ3n) is 5.66. The van der Waals surface area contributed by atoms with Crippen molar-refractivity contribution in [1.29, 1.82) is 0 Å². The van der Waals surface area contributed by atoms with Gasteiger partial charge in [-0.2, -0.15) is 0 Å². The van der Waals surface area contributed by atoms with Gasteiger partial charge in [0.05, 0.1) is 13.5 Å². The molecule has 0 aromatic heterocycles. The first-order valence-electron chi connectivity index (χ1n) is 11.0. The summed E-state index contributed by atoms with van der Waals surface area (Å²) >= 11 is 0. The lowest BCUT2D eigenvalue weighted by atomic mass is 10.1. The molecule has 2 aromatic rings. The van der Waals surface area contributed by atoms with Crippen molar-refractivity contribution in [2.45, 2.75) is 44.1 Å². The predicted molar refractivity (Wildman–Crippen MR) is 120 cm³/mol. The number of esters is 1. The summed E-state index contributed by atoms with van der Waals surface area (Å²) in [4.78, 5) is 13.6. The molecule has 1 saturated carbocycles. The number of benzene rings is 2. The van der Waals surface area contributed by atoms with Crippen molar-refractivity contribution < 1.29 is 14.3 Å². The van der Waals surface area contributed by atoms with E-state index in [0.717, 1.165) is 49.7 Å². The van der Waals surface area contributed by atoms with E-state index in [4.69, 9.17) is 10.5 Å². The fourth-order valence-electron chi connectivity index (χ4n) is 3.55. The Balaban J connectivity index is 0.000000234. The minimum atomic E-state index is -0.230. The van der Waals surface area contributed by atoms with E-state index in [9.17, 15) is 4.79 Å². The molecule has 0 amide bonds. The largest absolute Gasteiger partial charge is 0.492 e. The van der Waals surface area contributed by atoms with E-state index >= 15 is 0 Å². The number of ether oxygens (including phenoxy) is 2. The summed E-state index contributed by atoms with van der Waals surface area (Å²) < 4.78 is 10.4. The molecule has 1 aliphatic heterocycles. The SMILES string of the molecule is COC(=O)Cc1ccc(OCCN2CCC(N)CC2)cc1.c1ccc(C2CC2)cc1. The molecule has 0 spiro atoms. The molecule has 5 heteroatoms. The Hall–Kier alpha value is -2.37. The van der Waals surface area contributed by atoms with E-state index in [2.05, 4.69) is 40.0 Å². The number of carbonyl (C=O) groups is 1. The highest BCUT2D eigenvalue weighted by Crippen LogP contribution is 2.39. The molecule has 2 fully saturated rings. The fraction of sp³-hybridized carbons (Fsp3) is 0.480. The number of hydrogen-bond acceptors (Lipinski definition) is 5. The van der Waals surface area contributed by atoms with Gasteiger partial charge in [-0.05, 0) is 68.0 Å². The topological polar surface area (TPSA) is 64.8 Å². The van der Waals surface area contributed by atoms with Gasteiger partial charge in [0.25, 0.3) is 0 Å². The van der Waals surface area contributed by atoms with Crippen LogP contribution in [0.5, 0.6) is 5.75 Å². The van der Waals surface area contributed by atoms with Crippen LogP contribution in [0.3, 0.4) is 0 Å². The van der Waals surface area contributed by atoms with Gasteiger partial charge < -0.3 is 15.2 Å². The summed E-state index contributed by atoms with van der Waals surface area (Å²) in [6.45, 7) is 3.72. The van der Waals surface area contributed by atoms with Crippen LogP contribution in [0.2, 0.25) is 0 Å². The van der Waals surface area contributed by atoms with Crippen LogP contribution >= 0.6 is 0 Å². The van der Waals surface area contributed by atoms with Crippen molar-refractivity contribution in [3.8, 4) is 5.75 Å². The van der Waals surface area contributed by atoms with Gasteiger partial charge in [0.1, 0.15) is 12.4 Å². The van der Waals surface area contributed by atoms with E-state index in [0.29, 0.717) is 19.1 Å². The molecule has 0 radical (unpaired) electrons. The van der Waals surface area contributed by atoms with Gasteiger partial charge in [0, 0.05) is 12.6 Å². The van der Waals surface area contributed by atoms with Crippen LogP contribution in [0.15, 0.2) is 54.6 Å². The Bertz CT molecular complexity index is 752. The molecule has 2 N–H and O–H groups in total. The van der Waals surface area contributed by atoms with Crippen LogP contribution in [0, 0.1) is 0 Å². The lowest BCUT2D eigenvalue weighted by Crippen LogP contribution is -2.41. The van der Waals surface area contributed by atoms with Gasteiger partial charge >= 0.3 is 5.97 Å². The first-order valence-corrected chi connectivity index (χ1v) is 11.0. The molecule has 2 aliphatic rings. The Kier molecular flexibility index (Phi) is 8.72. The summed E-state index contributed by atoms with van der Waals surface area (Å²) in [6.07, 6.45) is 5.25. The lowest BCUT2D eigenvalue weighted by molar-refractivity contribution is -0.139. The molecule has 5 nitrogen and oxygen atoms in total. The van der Waals surface area contributed by atoms with Crippen LogP contribution in [0.4, 0.5) is 0 Å². The Morgan fingerprint density at radius 1 is 1.00 bits per heavy atom. The van der Waals surface area contributed by atoms with Crippen molar-refractivity contribution in [1.82, 2.24) is 4.90 Å². The van der Waals surface area contributed by atoms with Crippen LogP contribution < -0.4 is 10.5 Å². The summed E-state index contributed by atoms with van der Waals surface area (Å²) in [5.41, 5.74) is 8.34. The van der Waals surface area contributed by atoms with Gasteiger partial charge in [-0.3, -0.25) is 9.69 Å². The zero-order valence-electron chi connectivity index (χ0n) is 18.0. The standard InChI is InChI=1S/C16H24N2O3.C9H10/c1-20-16(19)12-13-2-4-15(5-3-13)21-11-10-18-8-6-14(17)7-9-18;1-2-4-8(5-3-1)9-6-7-9/h2-5,14H,6-12,17H2,1H3;1-5,9H,6-7H2. The van der Waals surface area contributed by atoms with Gasteiger partial charge in [0.2, 0.25) is 0 Å². The number of nitrogens with zero attached hydrogens (tertiary/aromatic N) is 1. The summed E-state index contributed by atoms with van der Waals surface area (Å²) in [6, 6.07) is 18.7. The van der Waals surface area contributed by atoms with Crippen molar-refractivity contribution in [2.75, 3.05) is 33.4 Å². The predicted octanol–water partition coefficient (Wildman–Crippen LogP) is 3.77. The normalized spacial score (nSPS) is 17.0. The second-order valence-electron chi connectivity index (χ2n) is 8.11. The van der Waals surface area contributed by atoms with Crippen molar-refractivity contribution >= 4 is 5.97 Å². The fourth-order valence-corrected chi connectivity index (χ4v) is 3.55. The first-order chi connectivity index (χ1) is 14.6. The number of carbonyl (C=O) groups excluding carboxylic acids is 1. The molecular weight excluding hydrogens is 376 g/mol. The van der Waals surface area contributed by atoms with Crippen LogP contribution in [-0.2, 0) is 16.0 Å². The molecular formula is C25H34N2O3. The number of methoxy groups -OCH3 is 1. The number of likely N-dealkylation sites (tertiary alicyclic amines) is 1. The van der Waals surface area contributed by atoms with E-state index in [1.54, 1.807) is 0 Å². The Labute approximate surface area is 180 Å². The number of rotatable bonds is 7. The van der Waals surface area contributed by atoms with Gasteiger partial charge in [-0.25, -0.2) is 0 Å². The zero-order chi connectivity index (χ0) is 21.2. The quantitative estimate of drug-likeness (QED) is 0.704. The number of hydrogen-bond donors (Lipinski definition) is 1. The highest BCUT2D eigenvalue weighted by Gasteiger charge is 2.22. The molecule has 1 heterocycles. The lowest BCUT2D eigenvalue weighted by Gasteiger charge is -2.29. The zero-order valence-corrected chi connectivity index (χ0v) is 18.0. The number of piperidine rings is 1.